The highest BCUT2D eigenvalue weighted by Gasteiger charge is 2.15. The molecule has 2 aromatic rings. The Morgan fingerprint density at radius 1 is 1.40 bits per heavy atom. The lowest BCUT2D eigenvalue weighted by Crippen LogP contribution is -2.28. The number of hydrogen-bond acceptors (Lipinski definition) is 5. The van der Waals surface area contributed by atoms with Crippen molar-refractivity contribution in [2.24, 2.45) is 5.84 Å². The van der Waals surface area contributed by atoms with Gasteiger partial charge < -0.3 is 0 Å². The average molecular weight is 220 g/mol. The zero-order valence-corrected chi connectivity index (χ0v) is 9.16. The molecule has 0 saturated carbocycles. The Morgan fingerprint density at radius 2 is 2.27 bits per heavy atom. The number of thiophene rings is 1. The van der Waals surface area contributed by atoms with Gasteiger partial charge >= 0.3 is 0 Å². The van der Waals surface area contributed by atoms with Crippen LogP contribution in [0.3, 0.4) is 0 Å². The molecule has 2 aromatic heterocycles. The van der Waals surface area contributed by atoms with E-state index in [1.165, 1.54) is 10.4 Å². The third-order valence-corrected chi connectivity index (χ3v) is 3.35. The molecule has 0 aliphatic rings. The van der Waals surface area contributed by atoms with Gasteiger partial charge in [-0.15, -0.1) is 11.3 Å². The number of nitrogens with one attached hydrogen (secondary N) is 1. The van der Waals surface area contributed by atoms with Crippen molar-refractivity contribution in [1.29, 1.82) is 0 Å². The van der Waals surface area contributed by atoms with Gasteiger partial charge in [-0.3, -0.25) is 5.84 Å². The van der Waals surface area contributed by atoms with Gasteiger partial charge in [-0.1, -0.05) is 0 Å². The molecule has 5 heteroatoms. The van der Waals surface area contributed by atoms with Crippen molar-refractivity contribution in [3.63, 3.8) is 0 Å². The van der Waals surface area contributed by atoms with E-state index in [4.69, 9.17) is 5.84 Å². The Bertz CT molecular complexity index is 426. The molecule has 0 amide bonds. The zero-order valence-electron chi connectivity index (χ0n) is 8.34. The van der Waals surface area contributed by atoms with Gasteiger partial charge in [0.25, 0.3) is 0 Å². The number of aryl methyl sites for hydroxylation is 1. The monoisotopic (exact) mass is 220 g/mol. The van der Waals surface area contributed by atoms with Crippen molar-refractivity contribution in [2.75, 3.05) is 0 Å². The van der Waals surface area contributed by atoms with E-state index >= 15 is 0 Å². The predicted octanol–water partition coefficient (Wildman–Crippen LogP) is 1.40. The van der Waals surface area contributed by atoms with Gasteiger partial charge in [0.15, 0.2) is 0 Å². The number of aromatic nitrogens is 2. The van der Waals surface area contributed by atoms with E-state index < -0.39 is 0 Å². The predicted molar refractivity (Wildman–Crippen MR) is 60.3 cm³/mol. The largest absolute Gasteiger partial charge is 0.271 e. The summed E-state index contributed by atoms with van der Waals surface area (Å²) in [4.78, 5) is 1.21. The van der Waals surface area contributed by atoms with Gasteiger partial charge in [0.1, 0.15) is 0 Å². The molecule has 0 saturated heterocycles. The second-order valence-corrected chi connectivity index (χ2v) is 4.19. The van der Waals surface area contributed by atoms with Gasteiger partial charge in [0.2, 0.25) is 0 Å². The van der Waals surface area contributed by atoms with Gasteiger partial charge in [0.05, 0.1) is 12.2 Å². The molecular formula is C10H12N4S. The normalized spacial score (nSPS) is 12.7. The molecule has 3 N–H and O–H groups in total. The Labute approximate surface area is 92.1 Å². The van der Waals surface area contributed by atoms with Crippen molar-refractivity contribution in [2.45, 2.75) is 13.0 Å². The molecule has 1 atom stereocenters. The van der Waals surface area contributed by atoms with Crippen LogP contribution >= 0.6 is 11.3 Å². The lowest BCUT2D eigenvalue weighted by Gasteiger charge is -2.14. The highest BCUT2D eigenvalue weighted by molar-refractivity contribution is 7.10. The maximum absolute atomic E-state index is 5.57. The van der Waals surface area contributed by atoms with Crippen LogP contribution in [0.1, 0.15) is 22.0 Å². The molecule has 1 unspecified atom stereocenters. The first kappa shape index (κ1) is 10.2. The fourth-order valence-electron chi connectivity index (χ4n) is 1.48. The van der Waals surface area contributed by atoms with Crippen LogP contribution in [0, 0.1) is 6.92 Å². The fraction of sp³-hybridized carbons (Fsp3) is 0.200. The summed E-state index contributed by atoms with van der Waals surface area (Å²) in [6, 6.07) is 4.00. The highest BCUT2D eigenvalue weighted by atomic mass is 32.1. The lowest BCUT2D eigenvalue weighted by atomic mass is 10.1. The summed E-state index contributed by atoms with van der Waals surface area (Å²) in [6.45, 7) is 2.07. The molecule has 0 radical (unpaired) electrons. The topological polar surface area (TPSA) is 63.8 Å². The number of rotatable bonds is 3. The van der Waals surface area contributed by atoms with E-state index in [2.05, 4.69) is 34.0 Å². The standard InChI is InChI=1S/C10H12N4S/c1-7-3-5-15-10(7)9(14-11)8-2-4-12-13-6-8/h2-6,9,14H,11H2,1H3. The summed E-state index contributed by atoms with van der Waals surface area (Å²) < 4.78 is 0. The smallest absolute Gasteiger partial charge is 0.0821 e. The Kier molecular flexibility index (Phi) is 3.05. The summed E-state index contributed by atoms with van der Waals surface area (Å²) in [6.07, 6.45) is 3.40. The van der Waals surface area contributed by atoms with Crippen LogP contribution in [0.15, 0.2) is 29.9 Å². The number of nitrogens with zero attached hydrogens (tertiary/aromatic N) is 2. The molecule has 0 bridgehead atoms. The SMILES string of the molecule is Cc1ccsc1C(NN)c1ccnnc1. The molecule has 15 heavy (non-hydrogen) atoms. The molecule has 0 aliphatic carbocycles. The molecular weight excluding hydrogens is 208 g/mol. The van der Waals surface area contributed by atoms with Crippen LogP contribution in [0.2, 0.25) is 0 Å². The molecule has 0 spiro atoms. The van der Waals surface area contributed by atoms with Crippen LogP contribution in [0.4, 0.5) is 0 Å². The Morgan fingerprint density at radius 3 is 2.80 bits per heavy atom. The van der Waals surface area contributed by atoms with Crippen molar-refractivity contribution in [1.82, 2.24) is 15.6 Å². The zero-order chi connectivity index (χ0) is 10.7. The van der Waals surface area contributed by atoms with E-state index in [1.807, 2.05) is 6.07 Å². The third-order valence-electron chi connectivity index (χ3n) is 2.27. The maximum Gasteiger partial charge on any atom is 0.0821 e. The van der Waals surface area contributed by atoms with Crippen molar-refractivity contribution >= 4 is 11.3 Å². The van der Waals surface area contributed by atoms with E-state index in [-0.39, 0.29) is 6.04 Å². The summed E-state index contributed by atoms with van der Waals surface area (Å²) in [5.74, 6) is 5.57. The van der Waals surface area contributed by atoms with Crippen LogP contribution in [-0.2, 0) is 0 Å². The van der Waals surface area contributed by atoms with E-state index in [1.54, 1.807) is 23.7 Å². The van der Waals surface area contributed by atoms with Crippen molar-refractivity contribution in [3.8, 4) is 0 Å². The molecule has 2 heterocycles. The number of hydrogen-bond donors (Lipinski definition) is 2. The quantitative estimate of drug-likeness (QED) is 0.606. The highest BCUT2D eigenvalue weighted by Crippen LogP contribution is 2.27. The van der Waals surface area contributed by atoms with Crippen molar-refractivity contribution < 1.29 is 0 Å². The maximum atomic E-state index is 5.57. The first-order valence-electron chi connectivity index (χ1n) is 4.59. The summed E-state index contributed by atoms with van der Waals surface area (Å²) in [5, 5.41) is 9.66. The molecule has 4 nitrogen and oxygen atoms in total. The summed E-state index contributed by atoms with van der Waals surface area (Å²) in [5.41, 5.74) is 5.07. The van der Waals surface area contributed by atoms with Crippen LogP contribution in [0.25, 0.3) is 0 Å². The number of nitrogens with two attached hydrogens (primary N) is 1. The van der Waals surface area contributed by atoms with Crippen LogP contribution < -0.4 is 11.3 Å². The summed E-state index contributed by atoms with van der Waals surface area (Å²) >= 11 is 1.69. The van der Waals surface area contributed by atoms with Crippen LogP contribution in [0.5, 0.6) is 0 Å². The van der Waals surface area contributed by atoms with Gasteiger partial charge in [-0.25, -0.2) is 5.43 Å². The molecule has 0 fully saturated rings. The molecule has 78 valence electrons. The van der Waals surface area contributed by atoms with Gasteiger partial charge in [-0.05, 0) is 35.6 Å². The second-order valence-electron chi connectivity index (χ2n) is 3.24. The van der Waals surface area contributed by atoms with Gasteiger partial charge in [-0.2, -0.15) is 10.2 Å². The van der Waals surface area contributed by atoms with E-state index in [9.17, 15) is 0 Å². The molecule has 0 aliphatic heterocycles. The average Bonchev–Trinajstić information content (AvgIpc) is 2.68. The minimum Gasteiger partial charge on any atom is -0.271 e. The Balaban J connectivity index is 2.37. The molecule has 2 rings (SSSR count). The van der Waals surface area contributed by atoms with Crippen molar-refractivity contribution in [3.05, 3.63) is 45.9 Å². The molecule has 0 aromatic carbocycles. The minimum atomic E-state index is 0.000463. The summed E-state index contributed by atoms with van der Waals surface area (Å²) in [7, 11) is 0. The minimum absolute atomic E-state index is 0.000463. The first-order valence-corrected chi connectivity index (χ1v) is 5.47. The van der Waals surface area contributed by atoms with Gasteiger partial charge in [0, 0.05) is 11.1 Å². The van der Waals surface area contributed by atoms with E-state index in [0.717, 1.165) is 5.56 Å². The third kappa shape index (κ3) is 2.04. The first-order chi connectivity index (χ1) is 7.33. The van der Waals surface area contributed by atoms with Crippen LogP contribution in [-0.4, -0.2) is 10.2 Å². The fourth-order valence-corrected chi connectivity index (χ4v) is 2.49. The van der Waals surface area contributed by atoms with E-state index in [0.29, 0.717) is 0 Å². The number of hydrazine groups is 1. The Hall–Kier alpha value is -1.30. The lowest BCUT2D eigenvalue weighted by molar-refractivity contribution is 0.639. The second kappa shape index (κ2) is 4.48.